The molecule has 0 N–H and O–H groups in total. The van der Waals surface area contributed by atoms with E-state index in [0.717, 1.165) is 63.2 Å². The molecular weight excluding hydrogens is 741 g/mol. The van der Waals surface area contributed by atoms with Gasteiger partial charge >= 0.3 is 23.9 Å². The van der Waals surface area contributed by atoms with Crippen molar-refractivity contribution in [3.05, 3.63) is 0 Å². The van der Waals surface area contributed by atoms with Gasteiger partial charge in [-0.2, -0.15) is 0 Å². The van der Waals surface area contributed by atoms with Crippen molar-refractivity contribution in [3.63, 3.8) is 0 Å². The van der Waals surface area contributed by atoms with Crippen LogP contribution in [0.2, 0.25) is 0 Å². The molecule has 13 aliphatic rings. The van der Waals surface area contributed by atoms with Gasteiger partial charge in [-0.1, -0.05) is 13.8 Å². The summed E-state index contributed by atoms with van der Waals surface area (Å²) in [6.45, 7) is 15.0. The zero-order chi connectivity index (χ0) is 41.2. The standard InChI is InChI=1S/C51H74O8/c1-27-32-8-9-33(16-32)39(27)23-48(5,45(55)58-50(7)35-12-28-10-29(14-35)15-36(50)13-28)26-49(6,44(54)57-40-34-17-37-38(18-34)42(52)56-41(37)40)24-46(2,3)43(53)59-51-21-30-11-31(22-51)20-47(4,19-30)25-51/h27-41H,8-26H2,1-7H3. The molecule has 0 radical (unpaired) electrons. The van der Waals surface area contributed by atoms with E-state index in [1.54, 1.807) is 0 Å². The first-order valence-corrected chi connectivity index (χ1v) is 24.6. The van der Waals surface area contributed by atoms with E-state index in [2.05, 4.69) is 27.7 Å². The van der Waals surface area contributed by atoms with Gasteiger partial charge in [0.25, 0.3) is 0 Å². The number of carbonyl (C=O) groups is 4. The van der Waals surface area contributed by atoms with Crippen molar-refractivity contribution >= 4 is 23.9 Å². The van der Waals surface area contributed by atoms with E-state index < -0.39 is 39.7 Å². The lowest BCUT2D eigenvalue weighted by Crippen LogP contribution is -2.59. The molecular formula is C51H74O8. The molecule has 0 amide bonds. The second-order valence-corrected chi connectivity index (χ2v) is 25.9. The quantitative estimate of drug-likeness (QED) is 0.142. The van der Waals surface area contributed by atoms with E-state index in [0.29, 0.717) is 60.2 Å². The summed E-state index contributed by atoms with van der Waals surface area (Å²) in [4.78, 5) is 58.4. The van der Waals surface area contributed by atoms with Crippen LogP contribution in [0, 0.1) is 98.6 Å². The lowest BCUT2D eigenvalue weighted by molar-refractivity contribution is -0.216. The first kappa shape index (κ1) is 39.7. The molecule has 12 aliphatic carbocycles. The second-order valence-electron chi connectivity index (χ2n) is 25.9. The molecule has 59 heavy (non-hydrogen) atoms. The Morgan fingerprint density at radius 3 is 1.97 bits per heavy atom. The van der Waals surface area contributed by atoms with Crippen LogP contribution in [0.25, 0.3) is 0 Å². The summed E-state index contributed by atoms with van der Waals surface area (Å²) >= 11 is 0. The fraction of sp³-hybridized carbons (Fsp3) is 0.922. The third kappa shape index (κ3) is 6.19. The van der Waals surface area contributed by atoms with Crippen LogP contribution < -0.4 is 0 Å². The topological polar surface area (TPSA) is 105 Å². The number of esters is 4. The highest BCUT2D eigenvalue weighted by Crippen LogP contribution is 2.65. The molecule has 1 heterocycles. The van der Waals surface area contributed by atoms with Crippen molar-refractivity contribution in [2.75, 3.05) is 0 Å². The first-order valence-electron chi connectivity index (χ1n) is 24.6. The minimum atomic E-state index is -1.21. The Morgan fingerprint density at radius 1 is 0.695 bits per heavy atom. The first-order chi connectivity index (χ1) is 27.7. The monoisotopic (exact) mass is 815 g/mol. The van der Waals surface area contributed by atoms with Crippen molar-refractivity contribution in [2.45, 2.75) is 194 Å². The van der Waals surface area contributed by atoms with Crippen molar-refractivity contribution in [2.24, 2.45) is 98.6 Å². The van der Waals surface area contributed by atoms with Crippen molar-refractivity contribution in [1.29, 1.82) is 0 Å². The van der Waals surface area contributed by atoms with Crippen molar-refractivity contribution in [1.82, 2.24) is 0 Å². The Morgan fingerprint density at radius 2 is 1.34 bits per heavy atom. The normalized spacial score (nSPS) is 51.1. The summed E-state index contributed by atoms with van der Waals surface area (Å²) in [5, 5.41) is 0. The van der Waals surface area contributed by atoms with Crippen LogP contribution >= 0.6 is 0 Å². The van der Waals surface area contributed by atoms with Crippen LogP contribution in [-0.4, -0.2) is 47.3 Å². The van der Waals surface area contributed by atoms with Crippen LogP contribution in [-0.2, 0) is 38.1 Å². The highest BCUT2D eigenvalue weighted by molar-refractivity contribution is 5.83. The maximum Gasteiger partial charge on any atom is 0.312 e. The van der Waals surface area contributed by atoms with Crippen LogP contribution in [0.1, 0.15) is 170 Å². The van der Waals surface area contributed by atoms with Crippen molar-refractivity contribution < 1.29 is 38.1 Å². The summed E-state index contributed by atoms with van der Waals surface area (Å²) in [5.41, 5.74) is -3.89. The van der Waals surface area contributed by atoms with E-state index in [1.165, 1.54) is 44.9 Å². The SMILES string of the molecule is CC1C2CCC(C2)C1CC(C)(CC(C)(CC(C)(C)C(=O)OC12CC3CC(CC(C)(C3)C1)C2)C(=O)OC1C2CC3C(=O)OC1C3C2)C(=O)OC1(C)C2CC3CC(C2)CC1C3. The minimum absolute atomic E-state index is 0.0831. The highest BCUT2D eigenvalue weighted by Gasteiger charge is 2.66. The summed E-state index contributed by atoms with van der Waals surface area (Å²) < 4.78 is 26.4. The van der Waals surface area contributed by atoms with E-state index in [4.69, 9.17) is 18.9 Å². The molecule has 0 spiro atoms. The molecule has 13 unspecified atom stereocenters. The van der Waals surface area contributed by atoms with Gasteiger partial charge in [-0.15, -0.1) is 0 Å². The molecule has 13 rings (SSSR count). The fourth-order valence-corrected chi connectivity index (χ4v) is 18.9. The average Bonchev–Trinajstić information content (AvgIpc) is 3.94. The average molecular weight is 815 g/mol. The molecule has 0 aromatic heterocycles. The van der Waals surface area contributed by atoms with E-state index in [1.807, 2.05) is 20.8 Å². The summed E-state index contributed by atoms with van der Waals surface area (Å²) in [6, 6.07) is 0. The zero-order valence-electron chi connectivity index (χ0n) is 37.4. The molecule has 13 fully saturated rings. The molecule has 12 saturated carbocycles. The molecule has 1 aliphatic heterocycles. The van der Waals surface area contributed by atoms with E-state index >= 15 is 9.59 Å². The van der Waals surface area contributed by atoms with Gasteiger partial charge < -0.3 is 18.9 Å². The summed E-state index contributed by atoms with van der Waals surface area (Å²) in [5.74, 6) is 4.89. The minimum Gasteiger partial charge on any atom is -0.459 e. The predicted molar refractivity (Wildman–Crippen MR) is 220 cm³/mol. The van der Waals surface area contributed by atoms with Gasteiger partial charge in [0.1, 0.15) is 23.4 Å². The molecule has 8 nitrogen and oxygen atoms in total. The molecule has 1 saturated heterocycles. The maximum absolute atomic E-state index is 15.5. The summed E-state index contributed by atoms with van der Waals surface area (Å²) in [6.07, 6.45) is 17.9. The Bertz CT molecular complexity index is 1750. The largest absolute Gasteiger partial charge is 0.459 e. The van der Waals surface area contributed by atoms with Gasteiger partial charge in [-0.3, -0.25) is 19.2 Å². The van der Waals surface area contributed by atoms with Gasteiger partial charge in [0.2, 0.25) is 0 Å². The number of carbonyl (C=O) groups excluding carboxylic acids is 4. The smallest absolute Gasteiger partial charge is 0.312 e. The molecule has 0 aromatic rings. The van der Waals surface area contributed by atoms with E-state index in [-0.39, 0.29) is 59.9 Å². The number of hydrogen-bond acceptors (Lipinski definition) is 8. The van der Waals surface area contributed by atoms with Gasteiger partial charge in [-0.25, -0.2) is 0 Å². The summed E-state index contributed by atoms with van der Waals surface area (Å²) in [7, 11) is 0. The molecule has 0 aromatic carbocycles. The fourth-order valence-electron chi connectivity index (χ4n) is 18.9. The molecule has 326 valence electrons. The highest BCUT2D eigenvalue weighted by atomic mass is 16.6. The number of fused-ring (bicyclic) bond motifs is 3. The predicted octanol–water partition coefficient (Wildman–Crippen LogP) is 10.0. The van der Waals surface area contributed by atoms with Crippen molar-refractivity contribution in [3.8, 4) is 0 Å². The maximum atomic E-state index is 15.5. The lowest BCUT2D eigenvalue weighted by Gasteiger charge is -2.60. The van der Waals surface area contributed by atoms with Crippen LogP contribution in [0.4, 0.5) is 0 Å². The number of hydrogen-bond donors (Lipinski definition) is 0. The third-order valence-electron chi connectivity index (χ3n) is 20.7. The number of ether oxygens (including phenoxy) is 4. The van der Waals surface area contributed by atoms with Crippen LogP contribution in [0.15, 0.2) is 0 Å². The zero-order valence-corrected chi connectivity index (χ0v) is 37.4. The third-order valence-corrected chi connectivity index (χ3v) is 20.7. The van der Waals surface area contributed by atoms with Gasteiger partial charge in [-0.05, 0) is 221 Å². The Labute approximate surface area is 353 Å². The molecule has 12 bridgehead atoms. The van der Waals surface area contributed by atoms with Gasteiger partial charge in [0.05, 0.1) is 22.2 Å². The number of rotatable bonds is 12. The van der Waals surface area contributed by atoms with Gasteiger partial charge in [0.15, 0.2) is 0 Å². The molecule has 13 atom stereocenters. The lowest BCUT2D eigenvalue weighted by atomic mass is 9.48. The van der Waals surface area contributed by atoms with Crippen LogP contribution in [0.5, 0.6) is 0 Å². The second kappa shape index (κ2) is 13.0. The molecule has 8 heteroatoms. The van der Waals surface area contributed by atoms with E-state index in [9.17, 15) is 9.59 Å². The Hall–Kier alpha value is -2.12. The van der Waals surface area contributed by atoms with Gasteiger partial charge in [0, 0.05) is 11.8 Å². The Balaban J connectivity index is 0.913. The van der Waals surface area contributed by atoms with Crippen LogP contribution in [0.3, 0.4) is 0 Å². The Kier molecular flexibility index (Phi) is 8.73.